The first-order chi connectivity index (χ1) is 29.0. The molecule has 3 unspecified atom stereocenters. The summed E-state index contributed by atoms with van der Waals surface area (Å²) in [5.41, 5.74) is 0. The Bertz CT molecular complexity index is 1020. The molecule has 59 heavy (non-hydrogen) atoms. The first-order valence-corrected chi connectivity index (χ1v) is 25.4. The van der Waals surface area contributed by atoms with Gasteiger partial charge in [0.1, 0.15) is 6.10 Å². The topological polar surface area (TPSA) is 95.9 Å². The number of hydrogen-bond donors (Lipinski definition) is 3. The molecular formula is C53H97NO5. The number of nitrogens with one attached hydrogen (secondary N) is 1. The number of esters is 1. The molecule has 0 saturated heterocycles. The number of unbranched alkanes of at least 4 members (excludes halogenated alkanes) is 28. The van der Waals surface area contributed by atoms with E-state index in [0.717, 1.165) is 77.0 Å². The Morgan fingerprint density at radius 3 is 1.34 bits per heavy atom. The van der Waals surface area contributed by atoms with Gasteiger partial charge in [0.15, 0.2) is 0 Å². The zero-order chi connectivity index (χ0) is 43.1. The van der Waals surface area contributed by atoms with Crippen molar-refractivity contribution < 1.29 is 24.5 Å². The third kappa shape index (κ3) is 42.3. The standard InChI is InChI=1S/C53H97NO5/c1-4-7-10-13-16-19-22-23-24-25-26-27-28-31-34-37-40-43-46-53(58)59-49(44-41-38-35-32-29-20-17-14-11-8-5-2)47-52(57)54-50(48-55)51(56)45-42-39-36-33-30-21-18-15-12-9-6-3/h16,19,22-27,49-51,55-56H,4-15,17-18,20-21,28-48H2,1-3H3,(H,54,57)/b19-16+,23-22+,25-24+,27-26+. The molecule has 0 spiro atoms. The molecule has 3 atom stereocenters. The lowest BCUT2D eigenvalue weighted by atomic mass is 10.0. The molecule has 6 nitrogen and oxygen atoms in total. The highest BCUT2D eigenvalue weighted by Gasteiger charge is 2.24. The van der Waals surface area contributed by atoms with E-state index in [2.05, 4.69) is 74.7 Å². The summed E-state index contributed by atoms with van der Waals surface area (Å²) in [6.07, 6.45) is 55.9. The maximum absolute atomic E-state index is 13.2. The van der Waals surface area contributed by atoms with Crippen LogP contribution >= 0.6 is 0 Å². The molecule has 6 heteroatoms. The predicted molar refractivity (Wildman–Crippen MR) is 255 cm³/mol. The molecule has 0 aliphatic heterocycles. The van der Waals surface area contributed by atoms with Crippen molar-refractivity contribution in [2.24, 2.45) is 0 Å². The van der Waals surface area contributed by atoms with Crippen molar-refractivity contribution in [3.05, 3.63) is 48.6 Å². The molecule has 0 bridgehead atoms. The average Bonchev–Trinajstić information content (AvgIpc) is 3.23. The van der Waals surface area contributed by atoms with E-state index in [1.54, 1.807) is 0 Å². The van der Waals surface area contributed by atoms with E-state index in [0.29, 0.717) is 19.3 Å². The summed E-state index contributed by atoms with van der Waals surface area (Å²) in [4.78, 5) is 26.1. The van der Waals surface area contributed by atoms with Gasteiger partial charge in [-0.2, -0.15) is 0 Å². The lowest BCUT2D eigenvalue weighted by molar-refractivity contribution is -0.151. The second-order valence-corrected chi connectivity index (χ2v) is 17.3. The fraction of sp³-hybridized carbons (Fsp3) is 0.811. The van der Waals surface area contributed by atoms with Crippen molar-refractivity contribution in [2.45, 2.75) is 270 Å². The molecule has 0 heterocycles. The summed E-state index contributed by atoms with van der Waals surface area (Å²) in [6, 6.07) is -0.703. The maximum atomic E-state index is 13.2. The number of aliphatic hydroxyl groups excluding tert-OH is 2. The fourth-order valence-corrected chi connectivity index (χ4v) is 7.62. The van der Waals surface area contributed by atoms with Crippen LogP contribution in [0.2, 0.25) is 0 Å². The minimum Gasteiger partial charge on any atom is -0.462 e. The second-order valence-electron chi connectivity index (χ2n) is 17.3. The summed E-state index contributed by atoms with van der Waals surface area (Å²) in [5, 5.41) is 23.7. The Balaban J connectivity index is 4.57. The molecule has 0 rings (SSSR count). The molecule has 0 aliphatic rings. The number of carbonyl (C=O) groups excluding carboxylic acids is 2. The van der Waals surface area contributed by atoms with Gasteiger partial charge >= 0.3 is 5.97 Å². The number of hydrogen-bond acceptors (Lipinski definition) is 5. The van der Waals surface area contributed by atoms with Crippen LogP contribution in [0.25, 0.3) is 0 Å². The molecule has 3 N–H and O–H groups in total. The first-order valence-electron chi connectivity index (χ1n) is 25.4. The van der Waals surface area contributed by atoms with Crippen molar-refractivity contribution in [3.63, 3.8) is 0 Å². The van der Waals surface area contributed by atoms with E-state index >= 15 is 0 Å². The Morgan fingerprint density at radius 2 is 0.864 bits per heavy atom. The van der Waals surface area contributed by atoms with Crippen LogP contribution in [0.15, 0.2) is 48.6 Å². The van der Waals surface area contributed by atoms with Crippen LogP contribution in [-0.4, -0.2) is 46.9 Å². The van der Waals surface area contributed by atoms with Gasteiger partial charge in [-0.05, 0) is 51.4 Å². The Morgan fingerprint density at radius 1 is 0.492 bits per heavy atom. The molecule has 0 radical (unpaired) electrons. The van der Waals surface area contributed by atoms with Gasteiger partial charge in [-0.1, -0.05) is 236 Å². The van der Waals surface area contributed by atoms with E-state index in [1.807, 2.05) is 0 Å². The third-order valence-electron chi connectivity index (χ3n) is 11.5. The molecule has 0 aromatic carbocycles. The molecule has 0 aliphatic carbocycles. The third-order valence-corrected chi connectivity index (χ3v) is 11.5. The van der Waals surface area contributed by atoms with Crippen molar-refractivity contribution >= 4 is 11.9 Å². The number of rotatable bonds is 45. The van der Waals surface area contributed by atoms with Gasteiger partial charge in [0.2, 0.25) is 5.91 Å². The minimum atomic E-state index is -0.789. The van der Waals surface area contributed by atoms with Crippen LogP contribution in [-0.2, 0) is 14.3 Å². The largest absolute Gasteiger partial charge is 0.462 e. The quantitative estimate of drug-likeness (QED) is 0.0323. The van der Waals surface area contributed by atoms with Crippen molar-refractivity contribution in [3.8, 4) is 0 Å². The molecule has 0 fully saturated rings. The SMILES string of the molecule is CCCCC/C=C/C=C/C=C/C=C/CCCCCCCC(=O)OC(CCCCCCCCCCCCC)CC(=O)NC(CO)C(O)CCCCCCCCCCCCC. The number of carbonyl (C=O) groups is 2. The zero-order valence-electron chi connectivity index (χ0n) is 39.1. The van der Waals surface area contributed by atoms with Gasteiger partial charge in [0.05, 0.1) is 25.2 Å². The summed E-state index contributed by atoms with van der Waals surface area (Å²) in [5.74, 6) is -0.494. The smallest absolute Gasteiger partial charge is 0.306 e. The molecule has 0 saturated carbocycles. The number of ether oxygens (including phenoxy) is 1. The van der Waals surface area contributed by atoms with E-state index in [4.69, 9.17) is 4.74 Å². The lowest BCUT2D eigenvalue weighted by Gasteiger charge is -2.24. The molecule has 0 aromatic rings. The average molecular weight is 828 g/mol. The lowest BCUT2D eigenvalue weighted by Crippen LogP contribution is -2.46. The zero-order valence-corrected chi connectivity index (χ0v) is 39.1. The molecular weight excluding hydrogens is 731 g/mol. The Kier molecular flexibility index (Phi) is 45.1. The highest BCUT2D eigenvalue weighted by Crippen LogP contribution is 2.18. The predicted octanol–water partition coefficient (Wildman–Crippen LogP) is 15.1. The van der Waals surface area contributed by atoms with Crippen molar-refractivity contribution in [1.29, 1.82) is 0 Å². The van der Waals surface area contributed by atoms with E-state index in [9.17, 15) is 19.8 Å². The van der Waals surface area contributed by atoms with Crippen LogP contribution in [0.4, 0.5) is 0 Å². The van der Waals surface area contributed by atoms with Gasteiger partial charge < -0.3 is 20.3 Å². The highest BCUT2D eigenvalue weighted by atomic mass is 16.5. The van der Waals surface area contributed by atoms with Gasteiger partial charge in [0.25, 0.3) is 0 Å². The normalized spacial score (nSPS) is 13.6. The van der Waals surface area contributed by atoms with E-state index < -0.39 is 18.2 Å². The monoisotopic (exact) mass is 828 g/mol. The molecule has 1 amide bonds. The number of allylic oxidation sites excluding steroid dienone is 8. The van der Waals surface area contributed by atoms with Crippen molar-refractivity contribution in [1.82, 2.24) is 5.32 Å². The minimum absolute atomic E-state index is 0.0698. The summed E-state index contributed by atoms with van der Waals surface area (Å²) < 4.78 is 5.92. The van der Waals surface area contributed by atoms with Crippen LogP contribution < -0.4 is 5.32 Å². The number of aliphatic hydroxyl groups is 2. The first kappa shape index (κ1) is 56.8. The number of amides is 1. The summed E-state index contributed by atoms with van der Waals surface area (Å²) in [6.45, 7) is 6.43. The summed E-state index contributed by atoms with van der Waals surface area (Å²) >= 11 is 0. The van der Waals surface area contributed by atoms with Crippen LogP contribution in [0.1, 0.15) is 252 Å². The van der Waals surface area contributed by atoms with Gasteiger partial charge in [0, 0.05) is 6.42 Å². The van der Waals surface area contributed by atoms with Crippen LogP contribution in [0, 0.1) is 0 Å². The van der Waals surface area contributed by atoms with Gasteiger partial charge in [-0.15, -0.1) is 0 Å². The summed E-state index contributed by atoms with van der Waals surface area (Å²) in [7, 11) is 0. The van der Waals surface area contributed by atoms with Crippen LogP contribution in [0.5, 0.6) is 0 Å². The second kappa shape index (κ2) is 46.9. The Hall–Kier alpha value is -2.18. The maximum Gasteiger partial charge on any atom is 0.306 e. The van der Waals surface area contributed by atoms with Crippen LogP contribution in [0.3, 0.4) is 0 Å². The van der Waals surface area contributed by atoms with E-state index in [1.165, 1.54) is 128 Å². The molecule has 0 aromatic heterocycles. The van der Waals surface area contributed by atoms with Crippen molar-refractivity contribution in [2.75, 3.05) is 6.61 Å². The van der Waals surface area contributed by atoms with E-state index in [-0.39, 0.29) is 24.9 Å². The Labute approximate surface area is 366 Å². The molecule has 344 valence electrons. The van der Waals surface area contributed by atoms with Gasteiger partial charge in [-0.25, -0.2) is 0 Å². The highest BCUT2D eigenvalue weighted by molar-refractivity contribution is 5.77. The fourth-order valence-electron chi connectivity index (χ4n) is 7.62. The van der Waals surface area contributed by atoms with Gasteiger partial charge in [-0.3, -0.25) is 9.59 Å².